The van der Waals surface area contributed by atoms with Crippen molar-refractivity contribution >= 4 is 17.2 Å². The monoisotopic (exact) mass is 289 g/mol. The van der Waals surface area contributed by atoms with Crippen molar-refractivity contribution in [2.24, 2.45) is 0 Å². The fraction of sp³-hybridized carbons (Fsp3) is 0.500. The van der Waals surface area contributed by atoms with Crippen LogP contribution in [0, 0.1) is 20.8 Å². The SMILES string of the molecule is CCNc1nc(-c2cc(C)sc2C)nc(C)c1C(C)C. The normalized spacial score (nSPS) is 11.2. The third-order valence-corrected chi connectivity index (χ3v) is 4.31. The van der Waals surface area contributed by atoms with Gasteiger partial charge < -0.3 is 5.32 Å². The van der Waals surface area contributed by atoms with Gasteiger partial charge in [-0.05, 0) is 39.7 Å². The summed E-state index contributed by atoms with van der Waals surface area (Å²) in [6.07, 6.45) is 0. The van der Waals surface area contributed by atoms with Crippen LogP contribution in [0.2, 0.25) is 0 Å². The van der Waals surface area contributed by atoms with Crippen LogP contribution in [0.1, 0.15) is 47.7 Å². The lowest BCUT2D eigenvalue weighted by molar-refractivity contribution is 0.831. The van der Waals surface area contributed by atoms with Gasteiger partial charge in [0.05, 0.1) is 0 Å². The number of anilines is 1. The van der Waals surface area contributed by atoms with Crippen LogP contribution in [0.15, 0.2) is 6.07 Å². The van der Waals surface area contributed by atoms with Gasteiger partial charge in [0.25, 0.3) is 0 Å². The van der Waals surface area contributed by atoms with E-state index < -0.39 is 0 Å². The maximum Gasteiger partial charge on any atom is 0.162 e. The molecule has 0 bridgehead atoms. The molecule has 1 N–H and O–H groups in total. The molecule has 0 unspecified atom stereocenters. The number of hydrogen-bond acceptors (Lipinski definition) is 4. The van der Waals surface area contributed by atoms with Gasteiger partial charge in [-0.3, -0.25) is 0 Å². The molecular weight excluding hydrogens is 266 g/mol. The van der Waals surface area contributed by atoms with Gasteiger partial charge in [0.2, 0.25) is 0 Å². The van der Waals surface area contributed by atoms with Crippen LogP contribution in [0.25, 0.3) is 11.4 Å². The summed E-state index contributed by atoms with van der Waals surface area (Å²) < 4.78 is 0. The molecule has 3 nitrogen and oxygen atoms in total. The van der Waals surface area contributed by atoms with Crippen molar-refractivity contribution in [3.8, 4) is 11.4 Å². The van der Waals surface area contributed by atoms with Gasteiger partial charge in [-0.15, -0.1) is 11.3 Å². The quantitative estimate of drug-likeness (QED) is 0.887. The molecule has 2 aromatic rings. The first kappa shape index (κ1) is 15.0. The number of aryl methyl sites for hydroxylation is 3. The highest BCUT2D eigenvalue weighted by Crippen LogP contribution is 2.32. The summed E-state index contributed by atoms with van der Waals surface area (Å²) in [5, 5.41) is 3.39. The minimum absolute atomic E-state index is 0.420. The Bertz CT molecular complexity index is 614. The van der Waals surface area contributed by atoms with Crippen LogP contribution in [0.4, 0.5) is 5.82 Å². The molecule has 20 heavy (non-hydrogen) atoms. The van der Waals surface area contributed by atoms with E-state index in [1.54, 1.807) is 11.3 Å². The molecule has 0 aromatic carbocycles. The highest BCUT2D eigenvalue weighted by Gasteiger charge is 2.17. The molecule has 2 aromatic heterocycles. The Labute approximate surface area is 125 Å². The molecule has 0 aliphatic carbocycles. The topological polar surface area (TPSA) is 37.8 Å². The molecule has 0 atom stereocenters. The number of hydrogen-bond donors (Lipinski definition) is 1. The summed E-state index contributed by atoms with van der Waals surface area (Å²) in [5.41, 5.74) is 3.45. The van der Waals surface area contributed by atoms with E-state index in [1.165, 1.54) is 15.3 Å². The largest absolute Gasteiger partial charge is 0.370 e. The van der Waals surface area contributed by atoms with Gasteiger partial charge in [0, 0.05) is 33.1 Å². The van der Waals surface area contributed by atoms with Gasteiger partial charge >= 0.3 is 0 Å². The van der Waals surface area contributed by atoms with E-state index in [0.717, 1.165) is 29.4 Å². The maximum atomic E-state index is 4.77. The third kappa shape index (κ3) is 2.85. The molecular formula is C16H23N3S. The van der Waals surface area contributed by atoms with Gasteiger partial charge in [-0.2, -0.15) is 0 Å². The summed E-state index contributed by atoms with van der Waals surface area (Å²) in [6.45, 7) is 13.7. The van der Waals surface area contributed by atoms with Gasteiger partial charge in [0.1, 0.15) is 5.82 Å². The lowest BCUT2D eigenvalue weighted by Crippen LogP contribution is -2.09. The number of thiophene rings is 1. The van der Waals surface area contributed by atoms with Gasteiger partial charge in [0.15, 0.2) is 5.82 Å². The molecule has 2 heterocycles. The van der Waals surface area contributed by atoms with E-state index >= 15 is 0 Å². The minimum Gasteiger partial charge on any atom is -0.370 e. The molecule has 0 amide bonds. The molecule has 0 spiro atoms. The van der Waals surface area contributed by atoms with Crippen LogP contribution in [0.3, 0.4) is 0 Å². The van der Waals surface area contributed by atoms with Crippen molar-refractivity contribution in [2.75, 3.05) is 11.9 Å². The fourth-order valence-corrected chi connectivity index (χ4v) is 3.47. The van der Waals surface area contributed by atoms with Gasteiger partial charge in [-0.25, -0.2) is 9.97 Å². The third-order valence-electron chi connectivity index (χ3n) is 3.34. The van der Waals surface area contributed by atoms with E-state index in [9.17, 15) is 0 Å². The molecule has 2 rings (SSSR count). The first-order chi connectivity index (χ1) is 9.43. The maximum absolute atomic E-state index is 4.77. The number of nitrogens with one attached hydrogen (secondary N) is 1. The van der Waals surface area contributed by atoms with E-state index in [0.29, 0.717) is 5.92 Å². The molecule has 0 saturated heterocycles. The molecule has 0 fully saturated rings. The van der Waals surface area contributed by atoms with E-state index in [1.807, 2.05) is 0 Å². The second kappa shape index (κ2) is 5.92. The van der Waals surface area contributed by atoms with Crippen molar-refractivity contribution in [1.29, 1.82) is 0 Å². The first-order valence-electron chi connectivity index (χ1n) is 7.13. The predicted molar refractivity (Wildman–Crippen MR) is 87.8 cm³/mol. The Morgan fingerprint density at radius 2 is 1.90 bits per heavy atom. The zero-order valence-electron chi connectivity index (χ0n) is 13.2. The average Bonchev–Trinajstić information content (AvgIpc) is 2.67. The Morgan fingerprint density at radius 1 is 1.20 bits per heavy atom. The molecule has 0 radical (unpaired) electrons. The van der Waals surface area contributed by atoms with Crippen LogP contribution in [0.5, 0.6) is 0 Å². The molecule has 108 valence electrons. The summed E-state index contributed by atoms with van der Waals surface area (Å²) in [7, 11) is 0. The zero-order valence-corrected chi connectivity index (χ0v) is 14.0. The van der Waals surface area contributed by atoms with Crippen molar-refractivity contribution < 1.29 is 0 Å². The molecule has 0 aliphatic heterocycles. The number of rotatable bonds is 4. The Kier molecular flexibility index (Phi) is 4.43. The highest BCUT2D eigenvalue weighted by molar-refractivity contribution is 7.12. The summed E-state index contributed by atoms with van der Waals surface area (Å²) in [6, 6.07) is 2.18. The van der Waals surface area contributed by atoms with E-state index in [4.69, 9.17) is 9.97 Å². The summed E-state index contributed by atoms with van der Waals surface area (Å²) in [4.78, 5) is 12.1. The lowest BCUT2D eigenvalue weighted by Gasteiger charge is -2.16. The summed E-state index contributed by atoms with van der Waals surface area (Å²) >= 11 is 1.80. The minimum atomic E-state index is 0.420. The van der Waals surface area contributed by atoms with Gasteiger partial charge in [-0.1, -0.05) is 13.8 Å². The highest BCUT2D eigenvalue weighted by atomic mass is 32.1. The number of aromatic nitrogens is 2. The van der Waals surface area contributed by atoms with Crippen molar-refractivity contribution in [3.63, 3.8) is 0 Å². The number of nitrogens with zero attached hydrogens (tertiary/aromatic N) is 2. The van der Waals surface area contributed by atoms with Crippen LogP contribution < -0.4 is 5.32 Å². The van der Waals surface area contributed by atoms with Crippen molar-refractivity contribution in [1.82, 2.24) is 9.97 Å². The van der Waals surface area contributed by atoms with E-state index in [2.05, 4.69) is 52.9 Å². The van der Waals surface area contributed by atoms with Crippen LogP contribution in [-0.2, 0) is 0 Å². The first-order valence-corrected chi connectivity index (χ1v) is 7.95. The zero-order chi connectivity index (χ0) is 14.9. The molecule has 0 aliphatic rings. The Hall–Kier alpha value is -1.42. The van der Waals surface area contributed by atoms with Crippen LogP contribution in [-0.4, -0.2) is 16.5 Å². The second-order valence-electron chi connectivity index (χ2n) is 5.41. The standard InChI is InChI=1S/C16H23N3S/c1-7-17-16-14(9(2)3)11(5)18-15(19-16)13-8-10(4)20-12(13)6/h8-9H,7H2,1-6H3,(H,17,18,19). The predicted octanol–water partition coefficient (Wildman–Crippen LogP) is 4.69. The van der Waals surface area contributed by atoms with Crippen molar-refractivity contribution in [2.45, 2.75) is 47.5 Å². The molecule has 0 saturated carbocycles. The van der Waals surface area contributed by atoms with E-state index in [-0.39, 0.29) is 0 Å². The van der Waals surface area contributed by atoms with Crippen molar-refractivity contribution in [3.05, 3.63) is 27.1 Å². The second-order valence-corrected chi connectivity index (χ2v) is 6.87. The Balaban J connectivity index is 2.59. The fourth-order valence-electron chi connectivity index (χ4n) is 2.55. The lowest BCUT2D eigenvalue weighted by atomic mass is 10.0. The summed E-state index contributed by atoms with van der Waals surface area (Å²) in [5.74, 6) is 2.24. The smallest absolute Gasteiger partial charge is 0.162 e. The molecule has 4 heteroatoms. The Morgan fingerprint density at radius 3 is 2.40 bits per heavy atom. The van der Waals surface area contributed by atoms with Crippen LogP contribution >= 0.6 is 11.3 Å². The average molecular weight is 289 g/mol.